The predicted molar refractivity (Wildman–Crippen MR) is 83.8 cm³/mol. The molecule has 3 N–H and O–H groups in total. The molecular formula is C13H18BrN2O3P. The Morgan fingerprint density at radius 1 is 1.35 bits per heavy atom. The van der Waals surface area contributed by atoms with Crippen LogP contribution in [0.3, 0.4) is 0 Å². The van der Waals surface area contributed by atoms with Crippen LogP contribution < -0.4 is 5.73 Å². The molecule has 0 aliphatic rings. The van der Waals surface area contributed by atoms with Crippen molar-refractivity contribution in [3.05, 3.63) is 34.4 Å². The van der Waals surface area contributed by atoms with E-state index in [-0.39, 0.29) is 13.2 Å². The SMILES string of the molecule is CCOP(=O)(OCC)[C@H](N)c1c[nH]c2ccc(Br)cc12. The molecule has 7 heteroatoms. The van der Waals surface area contributed by atoms with Gasteiger partial charge in [0.2, 0.25) is 0 Å². The molecule has 0 saturated heterocycles. The summed E-state index contributed by atoms with van der Waals surface area (Å²) in [5.41, 5.74) is 7.81. The van der Waals surface area contributed by atoms with E-state index < -0.39 is 13.4 Å². The lowest BCUT2D eigenvalue weighted by atomic mass is 10.2. The van der Waals surface area contributed by atoms with Crippen molar-refractivity contribution in [2.24, 2.45) is 5.73 Å². The Morgan fingerprint density at radius 2 is 2.00 bits per heavy atom. The van der Waals surface area contributed by atoms with E-state index in [1.54, 1.807) is 20.0 Å². The third kappa shape index (κ3) is 3.00. The summed E-state index contributed by atoms with van der Waals surface area (Å²) in [4.78, 5) is 3.12. The zero-order valence-electron chi connectivity index (χ0n) is 11.4. The topological polar surface area (TPSA) is 77.3 Å². The minimum atomic E-state index is -3.38. The second-order valence-electron chi connectivity index (χ2n) is 4.25. The van der Waals surface area contributed by atoms with Gasteiger partial charge in [0.1, 0.15) is 5.78 Å². The van der Waals surface area contributed by atoms with E-state index in [0.29, 0.717) is 0 Å². The lowest BCUT2D eigenvalue weighted by Gasteiger charge is -2.22. The Hall–Kier alpha value is -0.650. The third-order valence-electron chi connectivity index (χ3n) is 2.95. The van der Waals surface area contributed by atoms with Gasteiger partial charge in [-0.1, -0.05) is 15.9 Å². The molecule has 0 bridgehead atoms. The van der Waals surface area contributed by atoms with Crippen molar-refractivity contribution < 1.29 is 13.6 Å². The van der Waals surface area contributed by atoms with E-state index in [1.807, 2.05) is 18.2 Å². The maximum atomic E-state index is 12.7. The molecule has 2 rings (SSSR count). The lowest BCUT2D eigenvalue weighted by molar-refractivity contribution is 0.212. The normalized spacial score (nSPS) is 13.8. The van der Waals surface area contributed by atoms with Crippen LogP contribution in [-0.4, -0.2) is 18.2 Å². The number of aromatic amines is 1. The molecule has 1 aromatic carbocycles. The minimum absolute atomic E-state index is 0.289. The maximum Gasteiger partial charge on any atom is 0.351 e. The highest BCUT2D eigenvalue weighted by molar-refractivity contribution is 9.10. The summed E-state index contributed by atoms with van der Waals surface area (Å²) in [5, 5.41) is 0.909. The summed E-state index contributed by atoms with van der Waals surface area (Å²) in [6.07, 6.45) is 1.76. The van der Waals surface area contributed by atoms with Crippen molar-refractivity contribution in [1.29, 1.82) is 0 Å². The molecule has 1 aromatic heterocycles. The number of benzene rings is 1. The number of rotatable bonds is 6. The summed E-state index contributed by atoms with van der Waals surface area (Å²) < 4.78 is 24.3. The number of hydrogen-bond acceptors (Lipinski definition) is 4. The molecule has 110 valence electrons. The smallest absolute Gasteiger partial charge is 0.351 e. The van der Waals surface area contributed by atoms with Gasteiger partial charge in [-0.15, -0.1) is 0 Å². The number of H-pyrrole nitrogens is 1. The molecule has 0 amide bonds. The fourth-order valence-electron chi connectivity index (χ4n) is 2.09. The number of nitrogens with two attached hydrogens (primary N) is 1. The van der Waals surface area contributed by atoms with Crippen LogP contribution in [0.25, 0.3) is 10.9 Å². The number of nitrogens with one attached hydrogen (secondary N) is 1. The van der Waals surface area contributed by atoms with E-state index in [9.17, 15) is 4.57 Å². The van der Waals surface area contributed by atoms with Gasteiger partial charge in [0.25, 0.3) is 0 Å². The summed E-state index contributed by atoms with van der Waals surface area (Å²) in [5.74, 6) is -0.814. The maximum absolute atomic E-state index is 12.7. The molecular weight excluding hydrogens is 343 g/mol. The van der Waals surface area contributed by atoms with Gasteiger partial charge in [-0.05, 0) is 32.0 Å². The molecule has 0 aliphatic carbocycles. The number of hydrogen-bond donors (Lipinski definition) is 2. The van der Waals surface area contributed by atoms with Gasteiger partial charge in [0, 0.05) is 27.1 Å². The van der Waals surface area contributed by atoms with Crippen LogP contribution in [0, 0.1) is 0 Å². The van der Waals surface area contributed by atoms with E-state index in [0.717, 1.165) is 20.9 Å². The van der Waals surface area contributed by atoms with Crippen molar-refractivity contribution in [2.45, 2.75) is 19.6 Å². The third-order valence-corrected chi connectivity index (χ3v) is 5.64. The molecule has 2 aromatic rings. The molecule has 0 aliphatic heterocycles. The minimum Gasteiger partial charge on any atom is -0.361 e. The first-order chi connectivity index (χ1) is 9.51. The molecule has 0 spiro atoms. The highest BCUT2D eigenvalue weighted by atomic mass is 79.9. The van der Waals surface area contributed by atoms with Crippen molar-refractivity contribution in [2.75, 3.05) is 13.2 Å². The van der Waals surface area contributed by atoms with Crippen LogP contribution in [0.15, 0.2) is 28.9 Å². The first kappa shape index (κ1) is 15.7. The van der Waals surface area contributed by atoms with Crippen LogP contribution in [-0.2, 0) is 13.6 Å². The molecule has 1 heterocycles. The van der Waals surface area contributed by atoms with Gasteiger partial charge in [-0.2, -0.15) is 0 Å². The first-order valence-corrected chi connectivity index (χ1v) is 8.83. The van der Waals surface area contributed by atoms with Gasteiger partial charge in [0.05, 0.1) is 13.2 Å². The quantitative estimate of drug-likeness (QED) is 0.758. The molecule has 0 unspecified atom stereocenters. The fourth-order valence-corrected chi connectivity index (χ4v) is 4.12. The Morgan fingerprint density at radius 3 is 2.60 bits per heavy atom. The Bertz CT molecular complexity index is 634. The van der Waals surface area contributed by atoms with Crippen LogP contribution >= 0.6 is 23.5 Å². The van der Waals surface area contributed by atoms with Gasteiger partial charge >= 0.3 is 7.60 Å². The van der Waals surface area contributed by atoms with E-state index in [4.69, 9.17) is 14.8 Å². The molecule has 0 radical (unpaired) electrons. The van der Waals surface area contributed by atoms with Crippen LogP contribution in [0.2, 0.25) is 0 Å². The van der Waals surface area contributed by atoms with Gasteiger partial charge in [-0.25, -0.2) is 0 Å². The summed E-state index contributed by atoms with van der Waals surface area (Å²) >= 11 is 3.43. The molecule has 0 saturated carbocycles. The summed E-state index contributed by atoms with van der Waals surface area (Å²) in [7, 11) is -3.38. The Labute approximate surface area is 126 Å². The largest absolute Gasteiger partial charge is 0.361 e. The standard InChI is InChI=1S/C13H18BrN2O3P/c1-3-18-20(17,19-4-2)13(15)11-8-16-12-6-5-9(14)7-10(11)12/h5-8,13,16H,3-4,15H2,1-2H3/t13-/m0/s1. The van der Waals surface area contributed by atoms with Crippen LogP contribution in [0.1, 0.15) is 25.2 Å². The van der Waals surface area contributed by atoms with Crippen molar-refractivity contribution in [3.8, 4) is 0 Å². The van der Waals surface area contributed by atoms with E-state index in [2.05, 4.69) is 20.9 Å². The molecule has 20 heavy (non-hydrogen) atoms. The van der Waals surface area contributed by atoms with Crippen LogP contribution in [0.5, 0.6) is 0 Å². The zero-order valence-corrected chi connectivity index (χ0v) is 13.9. The average molecular weight is 361 g/mol. The zero-order chi connectivity index (χ0) is 14.8. The fraction of sp³-hybridized carbons (Fsp3) is 0.385. The highest BCUT2D eigenvalue weighted by Crippen LogP contribution is 2.59. The van der Waals surface area contributed by atoms with E-state index >= 15 is 0 Å². The second-order valence-corrected chi connectivity index (χ2v) is 7.32. The predicted octanol–water partition coefficient (Wildman–Crippen LogP) is 4.15. The van der Waals surface area contributed by atoms with Crippen LogP contribution in [0.4, 0.5) is 0 Å². The van der Waals surface area contributed by atoms with Gasteiger partial charge in [-0.3, -0.25) is 4.57 Å². The van der Waals surface area contributed by atoms with Gasteiger partial charge in [0.15, 0.2) is 0 Å². The molecule has 0 fully saturated rings. The average Bonchev–Trinajstić information content (AvgIpc) is 2.81. The van der Waals surface area contributed by atoms with Crippen molar-refractivity contribution in [1.82, 2.24) is 4.98 Å². The summed E-state index contributed by atoms with van der Waals surface area (Å²) in [6, 6.07) is 5.80. The monoisotopic (exact) mass is 360 g/mol. The number of fused-ring (bicyclic) bond motifs is 1. The second kappa shape index (κ2) is 6.41. The highest BCUT2D eigenvalue weighted by Gasteiger charge is 2.35. The molecule has 5 nitrogen and oxygen atoms in total. The Balaban J connectivity index is 2.46. The number of aromatic nitrogens is 1. The van der Waals surface area contributed by atoms with Crippen molar-refractivity contribution in [3.63, 3.8) is 0 Å². The summed E-state index contributed by atoms with van der Waals surface area (Å²) in [6.45, 7) is 4.11. The lowest BCUT2D eigenvalue weighted by Crippen LogP contribution is -2.14. The molecule has 1 atom stereocenters. The first-order valence-electron chi connectivity index (χ1n) is 6.42. The Kier molecular flexibility index (Phi) is 5.04. The van der Waals surface area contributed by atoms with Crippen molar-refractivity contribution >= 4 is 34.4 Å². The van der Waals surface area contributed by atoms with E-state index in [1.165, 1.54) is 0 Å². The van der Waals surface area contributed by atoms with Gasteiger partial charge < -0.3 is 19.8 Å². The number of halogens is 1.